The van der Waals surface area contributed by atoms with E-state index >= 15 is 0 Å². The SMILES string of the molecule is Cc1nn(-c2ccccc2)c2ccc(C(=O)[C@@H]3C(=O)c4cc(-c5nn[nH]n5)ccc4OC34CCNCC4)cc12. The lowest BCUT2D eigenvalue weighted by molar-refractivity contribution is -0.0138. The van der Waals surface area contributed by atoms with E-state index in [1.165, 1.54) is 0 Å². The fraction of sp³-hybridized carbons (Fsp3) is 0.241. The van der Waals surface area contributed by atoms with Crippen LogP contribution in [0.1, 0.15) is 39.3 Å². The Balaban J connectivity index is 1.31. The molecule has 0 radical (unpaired) electrons. The van der Waals surface area contributed by atoms with E-state index in [0.29, 0.717) is 54.2 Å². The molecule has 1 saturated heterocycles. The van der Waals surface area contributed by atoms with Crippen molar-refractivity contribution in [2.75, 3.05) is 13.1 Å². The number of nitrogens with one attached hydrogen (secondary N) is 2. The van der Waals surface area contributed by atoms with Crippen LogP contribution in [0.2, 0.25) is 0 Å². The van der Waals surface area contributed by atoms with Crippen LogP contribution in [0.5, 0.6) is 5.75 Å². The maximum Gasteiger partial charge on any atom is 0.204 e. The van der Waals surface area contributed by atoms with E-state index in [9.17, 15) is 9.59 Å². The van der Waals surface area contributed by atoms with Crippen LogP contribution in [0.25, 0.3) is 28.0 Å². The summed E-state index contributed by atoms with van der Waals surface area (Å²) in [5.41, 5.74) is 3.17. The number of ketones is 2. The van der Waals surface area contributed by atoms with Crippen molar-refractivity contribution in [1.29, 1.82) is 0 Å². The smallest absolute Gasteiger partial charge is 0.204 e. The van der Waals surface area contributed by atoms with Crippen molar-refractivity contribution in [3.63, 3.8) is 0 Å². The molecule has 5 aromatic rings. The van der Waals surface area contributed by atoms with Crippen LogP contribution in [0.4, 0.5) is 0 Å². The van der Waals surface area contributed by atoms with Gasteiger partial charge in [0.1, 0.15) is 17.3 Å². The summed E-state index contributed by atoms with van der Waals surface area (Å²) in [5, 5.41) is 23.0. The van der Waals surface area contributed by atoms with Crippen LogP contribution < -0.4 is 10.1 Å². The molecular formula is C29H25N7O3. The van der Waals surface area contributed by atoms with Crippen LogP contribution in [-0.4, -0.2) is 60.7 Å². The zero-order valence-electron chi connectivity index (χ0n) is 21.2. The van der Waals surface area contributed by atoms with Gasteiger partial charge >= 0.3 is 0 Å². The van der Waals surface area contributed by atoms with Crippen molar-refractivity contribution < 1.29 is 14.3 Å². The molecule has 2 aliphatic heterocycles. The van der Waals surface area contributed by atoms with Crippen molar-refractivity contribution in [3.8, 4) is 22.8 Å². The summed E-state index contributed by atoms with van der Waals surface area (Å²) >= 11 is 0. The zero-order valence-corrected chi connectivity index (χ0v) is 21.2. The number of para-hydroxylation sites is 1. The fourth-order valence-corrected chi connectivity index (χ4v) is 5.86. The summed E-state index contributed by atoms with van der Waals surface area (Å²) < 4.78 is 8.44. The summed E-state index contributed by atoms with van der Waals surface area (Å²) in [5.74, 6) is -0.619. The van der Waals surface area contributed by atoms with E-state index in [0.717, 1.165) is 22.3 Å². The molecule has 4 heterocycles. The number of nitrogens with zero attached hydrogens (tertiary/aromatic N) is 5. The third-order valence-corrected chi connectivity index (χ3v) is 7.81. The van der Waals surface area contributed by atoms with Crippen molar-refractivity contribution in [2.24, 2.45) is 5.92 Å². The minimum Gasteiger partial charge on any atom is -0.485 e. The Hall–Kier alpha value is -4.70. The molecule has 2 aliphatic rings. The van der Waals surface area contributed by atoms with Crippen molar-refractivity contribution in [2.45, 2.75) is 25.4 Å². The van der Waals surface area contributed by atoms with Gasteiger partial charge < -0.3 is 10.1 Å². The first-order valence-corrected chi connectivity index (χ1v) is 12.9. The van der Waals surface area contributed by atoms with Gasteiger partial charge in [0.15, 0.2) is 11.6 Å². The van der Waals surface area contributed by atoms with Crippen LogP contribution >= 0.6 is 0 Å². The van der Waals surface area contributed by atoms with Gasteiger partial charge in [-0.25, -0.2) is 4.68 Å². The first-order valence-electron chi connectivity index (χ1n) is 12.9. The molecule has 3 aromatic carbocycles. The van der Waals surface area contributed by atoms with Gasteiger partial charge in [-0.15, -0.1) is 10.2 Å². The second kappa shape index (κ2) is 8.95. The molecule has 2 N–H and O–H groups in total. The number of carbonyl (C=O) groups excluding carboxylic acids is 2. The van der Waals surface area contributed by atoms with E-state index in [1.54, 1.807) is 24.3 Å². The summed E-state index contributed by atoms with van der Waals surface area (Å²) in [6, 6.07) is 20.7. The first kappa shape index (κ1) is 23.4. The highest BCUT2D eigenvalue weighted by Crippen LogP contribution is 2.44. The highest BCUT2D eigenvalue weighted by atomic mass is 16.5. The zero-order chi connectivity index (χ0) is 26.6. The molecule has 0 unspecified atom stereocenters. The number of tetrazole rings is 1. The monoisotopic (exact) mass is 519 g/mol. The Morgan fingerprint density at radius 2 is 1.87 bits per heavy atom. The normalized spacial score (nSPS) is 18.2. The van der Waals surface area contributed by atoms with Crippen LogP contribution in [-0.2, 0) is 0 Å². The predicted octanol–water partition coefficient (Wildman–Crippen LogP) is 3.71. The van der Waals surface area contributed by atoms with E-state index in [1.807, 2.05) is 54.1 Å². The maximum atomic E-state index is 14.3. The highest BCUT2D eigenvalue weighted by Gasteiger charge is 2.53. The van der Waals surface area contributed by atoms with Crippen molar-refractivity contribution in [3.05, 3.63) is 83.6 Å². The number of Topliss-reactive ketones (excluding diaryl/α,β-unsaturated/α-hetero) is 2. The Kier molecular flexibility index (Phi) is 5.38. The number of aromatic nitrogens is 6. The number of hydrogen-bond acceptors (Lipinski definition) is 8. The van der Waals surface area contributed by atoms with Gasteiger partial charge in [0.05, 0.1) is 22.5 Å². The van der Waals surface area contributed by atoms with E-state index in [4.69, 9.17) is 9.84 Å². The molecule has 10 nitrogen and oxygen atoms in total. The van der Waals surface area contributed by atoms with Crippen LogP contribution in [0, 0.1) is 12.8 Å². The number of ether oxygens (including phenoxy) is 1. The van der Waals surface area contributed by atoms with E-state index in [2.05, 4.69) is 25.9 Å². The van der Waals surface area contributed by atoms with Gasteiger partial charge in [-0.1, -0.05) is 18.2 Å². The van der Waals surface area contributed by atoms with Gasteiger partial charge in [-0.2, -0.15) is 10.3 Å². The lowest BCUT2D eigenvalue weighted by Crippen LogP contribution is -2.58. The molecule has 10 heteroatoms. The van der Waals surface area contributed by atoms with Gasteiger partial charge in [0, 0.05) is 29.4 Å². The van der Waals surface area contributed by atoms with Gasteiger partial charge in [-0.05, 0) is 73.8 Å². The van der Waals surface area contributed by atoms with Crippen molar-refractivity contribution >= 4 is 22.5 Å². The van der Waals surface area contributed by atoms with E-state index in [-0.39, 0.29) is 11.6 Å². The summed E-state index contributed by atoms with van der Waals surface area (Å²) in [6.45, 7) is 3.25. The van der Waals surface area contributed by atoms with Crippen LogP contribution in [0.15, 0.2) is 66.7 Å². The summed E-state index contributed by atoms with van der Waals surface area (Å²) in [7, 11) is 0. The minimum absolute atomic E-state index is 0.244. The van der Waals surface area contributed by atoms with Gasteiger partial charge in [-0.3, -0.25) is 9.59 Å². The fourth-order valence-electron chi connectivity index (χ4n) is 5.86. The Morgan fingerprint density at radius 1 is 1.05 bits per heavy atom. The number of rotatable bonds is 4. The molecule has 0 saturated carbocycles. The molecule has 7 rings (SSSR count). The number of carbonyl (C=O) groups is 2. The lowest BCUT2D eigenvalue weighted by Gasteiger charge is -2.45. The topological polar surface area (TPSA) is 128 Å². The molecular weight excluding hydrogens is 494 g/mol. The van der Waals surface area contributed by atoms with Gasteiger partial charge in [0.25, 0.3) is 0 Å². The molecule has 0 amide bonds. The standard InChI is InChI=1S/C29H25N7O3/c1-17-21-15-18(7-9-23(21)36(33-17)20-5-3-2-4-6-20)26(37)25-27(38)22-16-19(28-31-34-35-32-28)8-10-24(22)39-29(25)11-13-30-14-12-29/h2-10,15-16,25,30H,11-14H2,1H3,(H,31,32,34,35)/t25-/m1/s1. The molecule has 1 atom stereocenters. The lowest BCUT2D eigenvalue weighted by atomic mass is 9.70. The number of fused-ring (bicyclic) bond motifs is 2. The molecule has 1 fully saturated rings. The minimum atomic E-state index is -0.977. The second-order valence-electron chi connectivity index (χ2n) is 10.1. The highest BCUT2D eigenvalue weighted by molar-refractivity contribution is 6.19. The maximum absolute atomic E-state index is 14.3. The number of aryl methyl sites for hydroxylation is 1. The number of piperidine rings is 1. The molecule has 1 spiro atoms. The molecule has 0 bridgehead atoms. The number of H-pyrrole nitrogens is 1. The Labute approximate surface area is 223 Å². The number of aromatic amines is 1. The predicted molar refractivity (Wildman–Crippen MR) is 143 cm³/mol. The summed E-state index contributed by atoms with van der Waals surface area (Å²) in [6.07, 6.45) is 1.10. The molecule has 194 valence electrons. The molecule has 39 heavy (non-hydrogen) atoms. The largest absolute Gasteiger partial charge is 0.485 e. The molecule has 0 aliphatic carbocycles. The van der Waals surface area contributed by atoms with Crippen molar-refractivity contribution in [1.82, 2.24) is 35.7 Å². The Morgan fingerprint density at radius 3 is 2.64 bits per heavy atom. The third-order valence-electron chi connectivity index (χ3n) is 7.81. The average Bonchev–Trinajstić information content (AvgIpc) is 3.62. The Bertz CT molecular complexity index is 1720. The molecule has 2 aromatic heterocycles. The van der Waals surface area contributed by atoms with E-state index < -0.39 is 11.5 Å². The van der Waals surface area contributed by atoms with Crippen LogP contribution in [0.3, 0.4) is 0 Å². The third kappa shape index (κ3) is 3.75. The summed E-state index contributed by atoms with van der Waals surface area (Å²) in [4.78, 5) is 28.4. The first-order chi connectivity index (χ1) is 19.0. The number of benzene rings is 3. The van der Waals surface area contributed by atoms with Gasteiger partial charge in [0.2, 0.25) is 5.82 Å². The number of hydrogen-bond donors (Lipinski definition) is 2. The average molecular weight is 520 g/mol. The quantitative estimate of drug-likeness (QED) is 0.272. The second-order valence-corrected chi connectivity index (χ2v) is 10.1.